The first-order valence-corrected chi connectivity index (χ1v) is 10.5. The summed E-state index contributed by atoms with van der Waals surface area (Å²) in [5, 5.41) is 3.55. The molecular weight excluding hydrogens is 394 g/mol. The Kier molecular flexibility index (Phi) is 6.20. The van der Waals surface area contributed by atoms with Crippen molar-refractivity contribution in [2.75, 3.05) is 13.2 Å². The number of hydrogen-bond acceptors (Lipinski definition) is 2. The molecule has 152 valence electrons. The number of aryl methyl sites for hydroxylation is 1. The average molecular weight is 418 g/mol. The van der Waals surface area contributed by atoms with Gasteiger partial charge in [-0.15, -0.1) is 0 Å². The van der Waals surface area contributed by atoms with E-state index in [4.69, 9.17) is 16.3 Å². The Morgan fingerprint density at radius 2 is 1.70 bits per heavy atom. The van der Waals surface area contributed by atoms with Crippen molar-refractivity contribution in [1.82, 2.24) is 5.32 Å². The van der Waals surface area contributed by atoms with E-state index in [0.717, 1.165) is 17.0 Å². The van der Waals surface area contributed by atoms with Crippen molar-refractivity contribution >= 4 is 23.8 Å². The molecule has 0 atom stereocenters. The van der Waals surface area contributed by atoms with Crippen LogP contribution in [0.2, 0.25) is 5.02 Å². The summed E-state index contributed by atoms with van der Waals surface area (Å²) in [6.07, 6.45) is 4.39. The molecule has 30 heavy (non-hydrogen) atoms. The summed E-state index contributed by atoms with van der Waals surface area (Å²) < 4.78 is 5.55. The molecule has 4 heteroatoms. The zero-order valence-corrected chi connectivity index (χ0v) is 17.7. The van der Waals surface area contributed by atoms with Crippen LogP contribution >= 0.6 is 11.6 Å². The van der Waals surface area contributed by atoms with E-state index < -0.39 is 0 Å². The molecule has 0 saturated carbocycles. The van der Waals surface area contributed by atoms with Crippen molar-refractivity contribution in [2.45, 2.75) is 19.3 Å². The van der Waals surface area contributed by atoms with Crippen LogP contribution in [0.25, 0.3) is 17.2 Å². The molecule has 3 aromatic rings. The van der Waals surface area contributed by atoms with Crippen LogP contribution in [0, 0.1) is 6.92 Å². The second-order valence-corrected chi connectivity index (χ2v) is 7.88. The first-order valence-electron chi connectivity index (χ1n) is 10.1. The van der Waals surface area contributed by atoms with Crippen LogP contribution in [0.15, 0.2) is 72.8 Å². The average Bonchev–Trinajstić information content (AvgIpc) is 3.08. The fraction of sp³-hybridized carbons (Fsp3) is 0.192. The lowest BCUT2D eigenvalue weighted by molar-refractivity contribution is 0.143. The number of rotatable bonds is 6. The lowest BCUT2D eigenvalue weighted by atomic mass is 9.98. The summed E-state index contributed by atoms with van der Waals surface area (Å²) in [5.41, 5.74) is 7.13. The van der Waals surface area contributed by atoms with Gasteiger partial charge < -0.3 is 10.1 Å². The second kappa shape index (κ2) is 9.19. The van der Waals surface area contributed by atoms with Gasteiger partial charge in [0.15, 0.2) is 0 Å². The zero-order chi connectivity index (χ0) is 20.9. The van der Waals surface area contributed by atoms with Gasteiger partial charge in [0.05, 0.1) is 0 Å². The van der Waals surface area contributed by atoms with E-state index in [1.54, 1.807) is 0 Å². The lowest BCUT2D eigenvalue weighted by Crippen LogP contribution is -2.26. The highest BCUT2D eigenvalue weighted by Gasteiger charge is 2.28. The summed E-state index contributed by atoms with van der Waals surface area (Å²) in [6.45, 7) is 2.90. The number of ether oxygens (including phenoxy) is 1. The fourth-order valence-electron chi connectivity index (χ4n) is 3.91. The number of halogens is 1. The van der Waals surface area contributed by atoms with Gasteiger partial charge in [-0.3, -0.25) is 0 Å². The molecule has 0 saturated heterocycles. The molecule has 1 aliphatic carbocycles. The van der Waals surface area contributed by atoms with Gasteiger partial charge in [-0.1, -0.05) is 78.4 Å². The molecule has 1 aliphatic rings. The number of hydrogen-bond donors (Lipinski definition) is 1. The highest BCUT2D eigenvalue weighted by atomic mass is 35.5. The van der Waals surface area contributed by atoms with Gasteiger partial charge in [0.2, 0.25) is 0 Å². The van der Waals surface area contributed by atoms with Crippen LogP contribution in [0.3, 0.4) is 0 Å². The summed E-state index contributed by atoms with van der Waals surface area (Å²) in [5.74, 6) is 0.0776. The van der Waals surface area contributed by atoms with Crippen molar-refractivity contribution in [3.63, 3.8) is 0 Å². The van der Waals surface area contributed by atoms with Crippen molar-refractivity contribution in [2.24, 2.45) is 0 Å². The van der Waals surface area contributed by atoms with Crippen molar-refractivity contribution in [3.05, 3.63) is 100 Å². The van der Waals surface area contributed by atoms with Gasteiger partial charge >= 0.3 is 6.09 Å². The quantitative estimate of drug-likeness (QED) is 0.459. The number of fused-ring (bicyclic) bond motifs is 3. The van der Waals surface area contributed by atoms with Gasteiger partial charge in [0.25, 0.3) is 0 Å². The molecule has 0 unspecified atom stereocenters. The Morgan fingerprint density at radius 3 is 2.40 bits per heavy atom. The number of benzene rings is 3. The monoisotopic (exact) mass is 417 g/mol. The van der Waals surface area contributed by atoms with Crippen LogP contribution in [-0.4, -0.2) is 19.2 Å². The second-order valence-electron chi connectivity index (χ2n) is 7.44. The van der Waals surface area contributed by atoms with E-state index in [1.165, 1.54) is 27.8 Å². The maximum atomic E-state index is 12.2. The maximum Gasteiger partial charge on any atom is 0.407 e. The minimum atomic E-state index is -0.385. The number of carbonyl (C=O) groups excluding carboxylic acids is 1. The molecule has 4 rings (SSSR count). The molecule has 0 heterocycles. The largest absolute Gasteiger partial charge is 0.449 e. The molecule has 0 radical (unpaired) electrons. The van der Waals surface area contributed by atoms with Crippen molar-refractivity contribution in [1.29, 1.82) is 0 Å². The lowest BCUT2D eigenvalue weighted by Gasteiger charge is -2.14. The summed E-state index contributed by atoms with van der Waals surface area (Å²) in [4.78, 5) is 12.2. The molecule has 0 bridgehead atoms. The van der Waals surface area contributed by atoms with Crippen molar-refractivity contribution in [3.8, 4) is 11.1 Å². The minimum absolute atomic E-state index is 0.0776. The molecule has 0 aliphatic heterocycles. The minimum Gasteiger partial charge on any atom is -0.449 e. The van der Waals surface area contributed by atoms with E-state index in [0.29, 0.717) is 13.2 Å². The Bertz CT molecular complexity index is 1040. The van der Waals surface area contributed by atoms with Gasteiger partial charge in [-0.05, 0) is 58.9 Å². The Morgan fingerprint density at radius 1 is 1.03 bits per heavy atom. The highest BCUT2D eigenvalue weighted by Crippen LogP contribution is 2.44. The van der Waals surface area contributed by atoms with E-state index >= 15 is 0 Å². The maximum absolute atomic E-state index is 12.2. The van der Waals surface area contributed by atoms with E-state index in [-0.39, 0.29) is 12.0 Å². The third-order valence-electron chi connectivity index (χ3n) is 5.46. The van der Waals surface area contributed by atoms with Crippen LogP contribution in [0.5, 0.6) is 0 Å². The predicted molar refractivity (Wildman–Crippen MR) is 123 cm³/mol. The third kappa shape index (κ3) is 4.42. The molecule has 3 nitrogen and oxygen atoms in total. The summed E-state index contributed by atoms with van der Waals surface area (Å²) in [7, 11) is 0. The molecule has 0 spiro atoms. The van der Waals surface area contributed by atoms with Crippen LogP contribution in [0.4, 0.5) is 4.79 Å². The van der Waals surface area contributed by atoms with Crippen LogP contribution in [-0.2, 0) is 4.74 Å². The van der Waals surface area contributed by atoms with Crippen LogP contribution < -0.4 is 5.32 Å². The molecule has 1 amide bonds. The predicted octanol–water partition coefficient (Wildman–Crippen LogP) is 6.59. The molecule has 0 fully saturated rings. The number of nitrogens with one attached hydrogen (secondary N) is 1. The Hall–Kier alpha value is -3.04. The zero-order valence-electron chi connectivity index (χ0n) is 16.9. The summed E-state index contributed by atoms with van der Waals surface area (Å²) in [6, 6.07) is 22.5. The first kappa shape index (κ1) is 20.2. The standard InChI is InChI=1S/C26H24ClNO2/c1-18-13-14-20(27)16-19(18)8-6-7-15-28-26(29)30-17-25-23-11-4-2-9-21(23)22-10-3-5-12-24(22)25/h2-6,8-14,16,25H,7,15,17H2,1H3,(H,28,29). The van der Waals surface area contributed by atoms with Gasteiger partial charge in [-0.2, -0.15) is 0 Å². The fourth-order valence-corrected chi connectivity index (χ4v) is 4.09. The normalized spacial score (nSPS) is 12.6. The van der Waals surface area contributed by atoms with Crippen molar-refractivity contribution < 1.29 is 9.53 Å². The number of carbonyl (C=O) groups is 1. The van der Waals surface area contributed by atoms with Gasteiger partial charge in [0.1, 0.15) is 6.61 Å². The van der Waals surface area contributed by atoms with Crippen LogP contribution in [0.1, 0.15) is 34.6 Å². The van der Waals surface area contributed by atoms with E-state index in [1.807, 2.05) is 61.5 Å². The van der Waals surface area contributed by atoms with Gasteiger partial charge in [-0.25, -0.2) is 4.79 Å². The third-order valence-corrected chi connectivity index (χ3v) is 5.70. The number of amides is 1. The Balaban J connectivity index is 1.28. The first-order chi connectivity index (χ1) is 14.6. The SMILES string of the molecule is Cc1ccc(Cl)cc1C=CCCNC(=O)OCC1c2ccccc2-c2ccccc21. The van der Waals surface area contributed by atoms with E-state index in [2.05, 4.69) is 29.6 Å². The molecule has 0 aromatic heterocycles. The molecule has 3 aromatic carbocycles. The topological polar surface area (TPSA) is 38.3 Å². The smallest absolute Gasteiger partial charge is 0.407 e. The molecule has 1 N–H and O–H groups in total. The Labute approximate surface area is 182 Å². The summed E-state index contributed by atoms with van der Waals surface area (Å²) >= 11 is 6.04. The van der Waals surface area contributed by atoms with Gasteiger partial charge in [0, 0.05) is 17.5 Å². The highest BCUT2D eigenvalue weighted by molar-refractivity contribution is 6.30. The van der Waals surface area contributed by atoms with E-state index in [9.17, 15) is 4.79 Å². The molecular formula is C26H24ClNO2. The number of alkyl carbamates (subject to hydrolysis) is 1.